The zero-order valence-corrected chi connectivity index (χ0v) is 13.4. The van der Waals surface area contributed by atoms with Gasteiger partial charge in [0.2, 0.25) is 0 Å². The SMILES string of the molecule is CC1(C)OB(c2cn(-c3ccccc3Cl)cn2)OC1(C)C. The number of para-hydroxylation sites is 1. The van der Waals surface area contributed by atoms with E-state index < -0.39 is 7.12 Å². The Kier molecular flexibility index (Phi) is 3.39. The van der Waals surface area contributed by atoms with Crippen molar-refractivity contribution in [3.63, 3.8) is 0 Å². The predicted octanol–water partition coefficient (Wildman–Crippen LogP) is 2.82. The van der Waals surface area contributed by atoms with E-state index in [0.717, 1.165) is 11.3 Å². The molecule has 21 heavy (non-hydrogen) atoms. The Balaban J connectivity index is 1.89. The molecule has 1 fully saturated rings. The fraction of sp³-hybridized carbons (Fsp3) is 0.400. The van der Waals surface area contributed by atoms with Crippen molar-refractivity contribution in [2.75, 3.05) is 0 Å². The second-order valence-electron chi connectivity index (χ2n) is 6.25. The first-order valence-electron chi connectivity index (χ1n) is 6.95. The summed E-state index contributed by atoms with van der Waals surface area (Å²) in [6.07, 6.45) is 3.62. The molecule has 1 saturated heterocycles. The predicted molar refractivity (Wildman–Crippen MR) is 84.3 cm³/mol. The molecular weight excluding hydrogens is 286 g/mol. The molecule has 1 aromatic carbocycles. The summed E-state index contributed by atoms with van der Waals surface area (Å²) in [7, 11) is -0.460. The second kappa shape index (κ2) is 4.87. The lowest BCUT2D eigenvalue weighted by Crippen LogP contribution is -2.41. The van der Waals surface area contributed by atoms with Gasteiger partial charge in [0.15, 0.2) is 0 Å². The van der Waals surface area contributed by atoms with Crippen molar-refractivity contribution in [2.45, 2.75) is 38.9 Å². The maximum atomic E-state index is 6.21. The van der Waals surface area contributed by atoms with Crippen LogP contribution in [0.3, 0.4) is 0 Å². The average molecular weight is 305 g/mol. The minimum absolute atomic E-state index is 0.369. The molecule has 110 valence electrons. The van der Waals surface area contributed by atoms with E-state index in [4.69, 9.17) is 20.9 Å². The summed E-state index contributed by atoms with van der Waals surface area (Å²) in [5.41, 5.74) is 0.889. The molecule has 0 atom stereocenters. The maximum absolute atomic E-state index is 6.21. The van der Waals surface area contributed by atoms with Crippen LogP contribution in [0.15, 0.2) is 36.8 Å². The molecule has 2 aromatic rings. The Morgan fingerprint density at radius 1 is 1.10 bits per heavy atom. The van der Waals surface area contributed by atoms with Crippen LogP contribution in [-0.4, -0.2) is 27.9 Å². The fourth-order valence-corrected chi connectivity index (χ4v) is 2.45. The van der Waals surface area contributed by atoms with E-state index in [-0.39, 0.29) is 11.2 Å². The van der Waals surface area contributed by atoms with E-state index >= 15 is 0 Å². The molecule has 0 saturated carbocycles. The zero-order valence-electron chi connectivity index (χ0n) is 12.6. The third kappa shape index (κ3) is 2.50. The largest absolute Gasteiger partial charge is 0.516 e. The standard InChI is InChI=1S/C15H18BClN2O2/c1-14(2)15(3,4)21-16(20-14)13-9-19(10-18-13)12-8-6-5-7-11(12)17/h5-10H,1-4H3. The van der Waals surface area contributed by atoms with Gasteiger partial charge in [0.1, 0.15) is 0 Å². The quantitative estimate of drug-likeness (QED) is 0.801. The lowest BCUT2D eigenvalue weighted by molar-refractivity contribution is 0.00578. The van der Waals surface area contributed by atoms with Crippen LogP contribution < -0.4 is 5.59 Å². The van der Waals surface area contributed by atoms with E-state index in [9.17, 15) is 0 Å². The molecule has 4 nitrogen and oxygen atoms in total. The molecule has 3 rings (SSSR count). The van der Waals surface area contributed by atoms with Crippen LogP contribution in [0, 0.1) is 0 Å². The molecule has 0 amide bonds. The lowest BCUT2D eigenvalue weighted by Gasteiger charge is -2.32. The van der Waals surface area contributed by atoms with Gasteiger partial charge in [-0.2, -0.15) is 0 Å². The van der Waals surface area contributed by atoms with Crippen LogP contribution in [0.4, 0.5) is 0 Å². The molecule has 1 aromatic heterocycles. The maximum Gasteiger partial charge on any atom is 0.516 e. The van der Waals surface area contributed by atoms with Gasteiger partial charge in [0.05, 0.1) is 33.8 Å². The van der Waals surface area contributed by atoms with Crippen LogP contribution in [0.5, 0.6) is 0 Å². The van der Waals surface area contributed by atoms with E-state index in [1.165, 1.54) is 0 Å². The molecule has 0 N–H and O–H groups in total. The number of hydrogen-bond donors (Lipinski definition) is 0. The summed E-state index contributed by atoms with van der Waals surface area (Å²) in [6.45, 7) is 8.10. The Morgan fingerprint density at radius 3 is 2.33 bits per heavy atom. The van der Waals surface area contributed by atoms with Gasteiger partial charge >= 0.3 is 7.12 Å². The summed E-state index contributed by atoms with van der Waals surface area (Å²) in [5.74, 6) is 0. The van der Waals surface area contributed by atoms with Crippen molar-refractivity contribution < 1.29 is 9.31 Å². The van der Waals surface area contributed by atoms with Gasteiger partial charge in [-0.1, -0.05) is 23.7 Å². The summed E-state index contributed by atoms with van der Waals surface area (Å²) in [5, 5.41) is 0.676. The van der Waals surface area contributed by atoms with Crippen LogP contribution >= 0.6 is 11.6 Å². The summed E-state index contributed by atoms with van der Waals surface area (Å²) in [4.78, 5) is 4.40. The van der Waals surface area contributed by atoms with Crippen molar-refractivity contribution >= 4 is 24.3 Å². The number of rotatable bonds is 2. The monoisotopic (exact) mass is 304 g/mol. The van der Waals surface area contributed by atoms with E-state index in [1.54, 1.807) is 6.33 Å². The molecule has 1 aliphatic heterocycles. The molecule has 1 aliphatic rings. The van der Waals surface area contributed by atoms with Crippen molar-refractivity contribution in [2.24, 2.45) is 0 Å². The van der Waals surface area contributed by atoms with Crippen LogP contribution in [-0.2, 0) is 9.31 Å². The number of halogens is 1. The molecule has 2 heterocycles. The molecule has 0 spiro atoms. The van der Waals surface area contributed by atoms with Gasteiger partial charge < -0.3 is 13.9 Å². The van der Waals surface area contributed by atoms with E-state index in [0.29, 0.717) is 5.02 Å². The second-order valence-corrected chi connectivity index (χ2v) is 6.65. The number of imidazole rings is 1. The topological polar surface area (TPSA) is 36.3 Å². The van der Waals surface area contributed by atoms with Crippen LogP contribution in [0.25, 0.3) is 5.69 Å². The average Bonchev–Trinajstić information content (AvgIpc) is 2.94. The molecule has 6 heteroatoms. The van der Waals surface area contributed by atoms with Gasteiger partial charge in [-0.15, -0.1) is 0 Å². The highest BCUT2D eigenvalue weighted by Gasteiger charge is 2.52. The Morgan fingerprint density at radius 2 is 1.71 bits per heavy atom. The van der Waals surface area contributed by atoms with Gasteiger partial charge in [-0.25, -0.2) is 4.98 Å². The highest BCUT2D eigenvalue weighted by molar-refractivity contribution is 6.61. The van der Waals surface area contributed by atoms with Crippen LogP contribution in [0.2, 0.25) is 5.02 Å². The first-order valence-corrected chi connectivity index (χ1v) is 7.32. The van der Waals surface area contributed by atoms with E-state index in [1.807, 2.05) is 62.7 Å². The van der Waals surface area contributed by atoms with Crippen molar-refractivity contribution in [1.29, 1.82) is 0 Å². The normalized spacial score (nSPS) is 20.0. The van der Waals surface area contributed by atoms with Crippen molar-refractivity contribution in [3.8, 4) is 5.69 Å². The highest BCUT2D eigenvalue weighted by Crippen LogP contribution is 2.36. The molecule has 0 radical (unpaired) electrons. The molecule has 0 aliphatic carbocycles. The third-order valence-electron chi connectivity index (χ3n) is 4.23. The Bertz CT molecular complexity index is 653. The van der Waals surface area contributed by atoms with Crippen LogP contribution in [0.1, 0.15) is 27.7 Å². The molecule has 0 bridgehead atoms. The zero-order chi connectivity index (χ0) is 15.3. The number of hydrogen-bond acceptors (Lipinski definition) is 3. The Labute approximate surface area is 130 Å². The smallest absolute Gasteiger partial charge is 0.398 e. The van der Waals surface area contributed by atoms with Gasteiger partial charge in [-0.05, 0) is 39.8 Å². The van der Waals surface area contributed by atoms with Crippen molar-refractivity contribution in [3.05, 3.63) is 41.8 Å². The Hall–Kier alpha value is -1.30. The fourth-order valence-electron chi connectivity index (χ4n) is 2.22. The first-order chi connectivity index (χ1) is 9.80. The summed E-state index contributed by atoms with van der Waals surface area (Å²) in [6, 6.07) is 7.64. The summed E-state index contributed by atoms with van der Waals surface area (Å²) < 4.78 is 13.9. The molecular formula is C15H18BClN2O2. The van der Waals surface area contributed by atoms with Gasteiger partial charge in [-0.3, -0.25) is 0 Å². The molecule has 0 unspecified atom stereocenters. The first kappa shape index (κ1) is 14.6. The van der Waals surface area contributed by atoms with E-state index in [2.05, 4.69) is 4.98 Å². The number of benzene rings is 1. The minimum Gasteiger partial charge on any atom is -0.398 e. The highest BCUT2D eigenvalue weighted by atomic mass is 35.5. The number of nitrogens with zero attached hydrogens (tertiary/aromatic N) is 2. The lowest BCUT2D eigenvalue weighted by atomic mass is 9.86. The number of aromatic nitrogens is 2. The minimum atomic E-state index is -0.460. The van der Waals surface area contributed by atoms with Gasteiger partial charge in [0, 0.05) is 6.20 Å². The third-order valence-corrected chi connectivity index (χ3v) is 4.55. The van der Waals surface area contributed by atoms with Crippen molar-refractivity contribution in [1.82, 2.24) is 9.55 Å². The van der Waals surface area contributed by atoms with Gasteiger partial charge in [0.25, 0.3) is 0 Å². The summed E-state index contributed by atoms with van der Waals surface area (Å²) >= 11 is 6.21.